The van der Waals surface area contributed by atoms with Gasteiger partial charge in [-0.3, -0.25) is 14.4 Å². The third-order valence-corrected chi connectivity index (χ3v) is 7.55. The molecule has 44 heavy (non-hydrogen) atoms. The van der Waals surface area contributed by atoms with Crippen molar-refractivity contribution >= 4 is 29.4 Å². The lowest BCUT2D eigenvalue weighted by atomic mass is 9.91. The van der Waals surface area contributed by atoms with Gasteiger partial charge >= 0.3 is 5.97 Å². The summed E-state index contributed by atoms with van der Waals surface area (Å²) in [6, 6.07) is 9.93. The quantitative estimate of drug-likeness (QED) is 0.214. The van der Waals surface area contributed by atoms with Gasteiger partial charge in [0.25, 0.3) is 5.91 Å². The summed E-state index contributed by atoms with van der Waals surface area (Å²) < 4.78 is 15.5. The fourth-order valence-electron chi connectivity index (χ4n) is 5.35. The Morgan fingerprint density at radius 2 is 1.68 bits per heavy atom. The van der Waals surface area contributed by atoms with E-state index in [2.05, 4.69) is 15.6 Å². The van der Waals surface area contributed by atoms with Crippen LogP contribution in [0, 0.1) is 32.5 Å². The van der Waals surface area contributed by atoms with Crippen molar-refractivity contribution in [3.8, 4) is 11.1 Å². The van der Waals surface area contributed by atoms with Crippen LogP contribution in [-0.2, 0) is 16.0 Å². The van der Waals surface area contributed by atoms with Crippen LogP contribution < -0.4 is 10.6 Å². The lowest BCUT2D eigenvalue weighted by molar-refractivity contribution is -0.137. The minimum atomic E-state index is -1.25. The molecule has 0 saturated heterocycles. The molecule has 8 nitrogen and oxygen atoms in total. The molecule has 3 aromatic rings. The van der Waals surface area contributed by atoms with Gasteiger partial charge in [0.05, 0.1) is 17.5 Å². The summed E-state index contributed by atoms with van der Waals surface area (Å²) >= 11 is 6.34. The fourth-order valence-corrected chi connectivity index (χ4v) is 5.57. The second-order valence-corrected chi connectivity index (χ2v) is 12.4. The highest BCUT2D eigenvalue weighted by atomic mass is 35.5. The van der Waals surface area contributed by atoms with Gasteiger partial charge in [0.2, 0.25) is 5.91 Å². The molecule has 0 saturated carbocycles. The molecule has 0 aliphatic heterocycles. The maximum Gasteiger partial charge on any atom is 0.305 e. The number of aromatic nitrogens is 1. The molecule has 1 aromatic heterocycles. The van der Waals surface area contributed by atoms with Gasteiger partial charge in [-0.1, -0.05) is 49.2 Å². The van der Waals surface area contributed by atoms with Crippen LogP contribution in [0.4, 0.5) is 4.39 Å². The highest BCUT2D eigenvalue weighted by molar-refractivity contribution is 6.31. The van der Waals surface area contributed by atoms with Crippen molar-refractivity contribution in [1.82, 2.24) is 20.5 Å². The molecule has 1 heterocycles. The van der Waals surface area contributed by atoms with Crippen LogP contribution in [0.5, 0.6) is 0 Å². The van der Waals surface area contributed by atoms with E-state index in [1.807, 2.05) is 71.8 Å². The number of aliphatic carboxylic acids is 1. The first-order valence-electron chi connectivity index (χ1n) is 14.7. The zero-order valence-electron chi connectivity index (χ0n) is 26.4. The van der Waals surface area contributed by atoms with Crippen LogP contribution in [0.1, 0.15) is 71.2 Å². The molecular weight excluding hydrogens is 583 g/mol. The van der Waals surface area contributed by atoms with E-state index in [0.29, 0.717) is 12.0 Å². The summed E-state index contributed by atoms with van der Waals surface area (Å²) in [5.41, 5.74) is 5.29. The van der Waals surface area contributed by atoms with E-state index in [1.165, 1.54) is 6.07 Å². The summed E-state index contributed by atoms with van der Waals surface area (Å²) in [6.45, 7) is 10.4. The summed E-state index contributed by atoms with van der Waals surface area (Å²) in [5, 5.41) is 15.0. The average Bonchev–Trinajstić information content (AvgIpc) is 2.92. The molecule has 0 aliphatic carbocycles. The minimum absolute atomic E-state index is 0.00496. The van der Waals surface area contributed by atoms with E-state index in [9.17, 15) is 19.5 Å². The molecule has 0 unspecified atom stereocenters. The number of halogens is 2. The molecule has 10 heteroatoms. The summed E-state index contributed by atoms with van der Waals surface area (Å²) in [4.78, 5) is 45.2. The number of carboxylic acid groups (broad SMARTS) is 1. The first kappa shape index (κ1) is 34.7. The van der Waals surface area contributed by atoms with Crippen molar-refractivity contribution in [1.29, 1.82) is 0 Å². The van der Waals surface area contributed by atoms with E-state index < -0.39 is 42.1 Å². The third-order valence-electron chi connectivity index (χ3n) is 7.28. The van der Waals surface area contributed by atoms with Crippen LogP contribution in [0.15, 0.2) is 42.5 Å². The molecule has 0 spiro atoms. The Morgan fingerprint density at radius 3 is 2.27 bits per heavy atom. The van der Waals surface area contributed by atoms with Crippen molar-refractivity contribution in [3.63, 3.8) is 0 Å². The molecular formula is C34H42ClFN4O4. The predicted octanol–water partition coefficient (Wildman–Crippen LogP) is 6.05. The lowest BCUT2D eigenvalue weighted by Crippen LogP contribution is -2.48. The predicted molar refractivity (Wildman–Crippen MR) is 171 cm³/mol. The molecule has 2 amide bonds. The minimum Gasteiger partial charge on any atom is -0.481 e. The maximum atomic E-state index is 15.5. The Bertz CT molecular complexity index is 1500. The van der Waals surface area contributed by atoms with Crippen LogP contribution >= 0.6 is 11.6 Å². The summed E-state index contributed by atoms with van der Waals surface area (Å²) in [5.74, 6) is -3.21. The number of likely N-dealkylation sites (N-methyl/N-ethyl adjacent to an activating group) is 1. The number of carbonyl (C=O) groups excluding carboxylic acids is 2. The van der Waals surface area contributed by atoms with Gasteiger partial charge in [-0.25, -0.2) is 9.37 Å². The Morgan fingerprint density at radius 1 is 1.02 bits per heavy atom. The number of hydrogen-bond donors (Lipinski definition) is 3. The van der Waals surface area contributed by atoms with E-state index in [-0.39, 0.29) is 28.6 Å². The van der Waals surface area contributed by atoms with Gasteiger partial charge in [0.1, 0.15) is 17.6 Å². The van der Waals surface area contributed by atoms with Crippen molar-refractivity contribution in [2.45, 2.75) is 66.0 Å². The molecule has 0 aliphatic rings. The first-order chi connectivity index (χ1) is 20.7. The number of nitrogens with one attached hydrogen (secondary N) is 2. The highest BCUT2D eigenvalue weighted by Gasteiger charge is 2.29. The number of nitrogens with zero attached hydrogens (tertiary/aromatic N) is 2. The number of pyridine rings is 1. The molecule has 0 fully saturated rings. The SMILES string of the molecule is Cc1cc(C)c(-c2cc(Cl)c(F)c([C@H](CC(=O)O)NC(=O)[C@H](CC(C)C)NC(=O)c3cccc(CCN(C)C)n3)c2)c(C)c1. The Balaban J connectivity index is 1.94. The number of hydrogen-bond acceptors (Lipinski definition) is 5. The molecule has 0 radical (unpaired) electrons. The summed E-state index contributed by atoms with van der Waals surface area (Å²) in [6.07, 6.45) is 0.324. The van der Waals surface area contributed by atoms with Crippen molar-refractivity contribution in [3.05, 3.63) is 86.9 Å². The Kier molecular flexibility index (Phi) is 12.0. The first-order valence-corrected chi connectivity index (χ1v) is 15.0. The average molecular weight is 625 g/mol. The Hall–Kier alpha value is -3.82. The highest BCUT2D eigenvalue weighted by Crippen LogP contribution is 2.35. The Labute approximate surface area is 264 Å². The van der Waals surface area contributed by atoms with Crippen molar-refractivity contribution in [2.24, 2.45) is 5.92 Å². The van der Waals surface area contributed by atoms with Crippen LogP contribution in [0.25, 0.3) is 11.1 Å². The molecule has 2 atom stereocenters. The normalized spacial score (nSPS) is 12.7. The lowest BCUT2D eigenvalue weighted by Gasteiger charge is -2.25. The number of amides is 2. The fraction of sp³-hybridized carbons (Fsp3) is 0.412. The number of benzene rings is 2. The maximum absolute atomic E-state index is 15.5. The van der Waals surface area contributed by atoms with Gasteiger partial charge in [-0.15, -0.1) is 0 Å². The second-order valence-electron chi connectivity index (χ2n) is 12.0. The second kappa shape index (κ2) is 15.3. The molecule has 3 N–H and O–H groups in total. The van der Waals surface area contributed by atoms with Gasteiger partial charge in [0.15, 0.2) is 0 Å². The zero-order chi connectivity index (χ0) is 32.7. The standard InChI is InChI=1S/C34H42ClFN4O4/c1-19(2)13-29(39-33(43)27-10-8-9-24(37-27)11-12-40(6)7)34(44)38-28(18-30(41)42)25-16-23(17-26(35)32(25)36)31-21(4)14-20(3)15-22(31)5/h8-10,14-17,19,28-29H,11-13,18H2,1-7H3,(H,38,44)(H,39,43)(H,41,42)/t28-,29-/m0/s1. The number of aryl methyl sites for hydroxylation is 3. The van der Waals surface area contributed by atoms with E-state index in [4.69, 9.17) is 11.6 Å². The van der Waals surface area contributed by atoms with Gasteiger partial charge < -0.3 is 20.6 Å². The van der Waals surface area contributed by atoms with Crippen molar-refractivity contribution in [2.75, 3.05) is 20.6 Å². The molecule has 0 bridgehead atoms. The van der Waals surface area contributed by atoms with Crippen LogP contribution in [0.2, 0.25) is 5.02 Å². The van der Waals surface area contributed by atoms with Crippen molar-refractivity contribution < 1.29 is 23.9 Å². The van der Waals surface area contributed by atoms with Gasteiger partial charge in [-0.2, -0.15) is 0 Å². The largest absolute Gasteiger partial charge is 0.481 e. The third kappa shape index (κ3) is 9.34. The molecule has 2 aromatic carbocycles. The molecule has 3 rings (SSSR count). The molecule has 236 valence electrons. The monoisotopic (exact) mass is 624 g/mol. The summed E-state index contributed by atoms with van der Waals surface area (Å²) in [7, 11) is 3.90. The number of carbonyl (C=O) groups is 3. The topological polar surface area (TPSA) is 112 Å². The van der Waals surface area contributed by atoms with Gasteiger partial charge in [0, 0.05) is 24.2 Å². The smallest absolute Gasteiger partial charge is 0.305 e. The van der Waals surface area contributed by atoms with Gasteiger partial charge in [-0.05, 0) is 93.7 Å². The van der Waals surface area contributed by atoms with Crippen LogP contribution in [-0.4, -0.2) is 59.5 Å². The number of rotatable bonds is 13. The van der Waals surface area contributed by atoms with Crippen LogP contribution in [0.3, 0.4) is 0 Å². The van der Waals surface area contributed by atoms with E-state index in [1.54, 1.807) is 18.2 Å². The number of carboxylic acids is 1. The zero-order valence-corrected chi connectivity index (χ0v) is 27.2. The van der Waals surface area contributed by atoms with E-state index >= 15 is 4.39 Å². The van der Waals surface area contributed by atoms with E-state index in [0.717, 1.165) is 34.5 Å².